The topological polar surface area (TPSA) is 85.0 Å². The molecule has 0 aromatic carbocycles. The predicted octanol–water partition coefficient (Wildman–Crippen LogP) is 2.61. The Labute approximate surface area is 151 Å². The molecule has 2 N–H and O–H groups in total. The highest BCUT2D eigenvalue weighted by molar-refractivity contribution is 7.17. The molecule has 130 valence electrons. The Morgan fingerprint density at radius 1 is 1.15 bits per heavy atom. The third kappa shape index (κ3) is 2.42. The van der Waals surface area contributed by atoms with E-state index in [9.17, 15) is 0 Å². The average Bonchev–Trinajstić information content (AvgIpc) is 3.26. The fourth-order valence-electron chi connectivity index (χ4n) is 3.19. The molecule has 0 bridgehead atoms. The monoisotopic (exact) mass is 364 g/mol. The van der Waals surface area contributed by atoms with Crippen molar-refractivity contribution in [2.24, 2.45) is 7.05 Å². The molecule has 0 saturated carbocycles. The van der Waals surface area contributed by atoms with Crippen LogP contribution in [0.2, 0.25) is 0 Å². The first-order valence-electron chi connectivity index (χ1n) is 8.29. The lowest BCUT2D eigenvalue weighted by molar-refractivity contribution is 0.776. The van der Waals surface area contributed by atoms with E-state index in [0.29, 0.717) is 0 Å². The molecule has 4 aromatic heterocycles. The summed E-state index contributed by atoms with van der Waals surface area (Å²) in [6.07, 6.45) is 3.55. The van der Waals surface area contributed by atoms with Gasteiger partial charge in [-0.1, -0.05) is 0 Å². The smallest absolute Gasteiger partial charge is 0.163 e. The summed E-state index contributed by atoms with van der Waals surface area (Å²) >= 11 is 0. The molecule has 2 unspecified atom stereocenters. The summed E-state index contributed by atoms with van der Waals surface area (Å²) in [4.78, 5) is 4.41. The maximum Gasteiger partial charge on any atom is 0.163 e. The second-order valence-electron chi connectivity index (χ2n) is 6.26. The van der Waals surface area contributed by atoms with Crippen LogP contribution in [0.3, 0.4) is 0 Å². The molecular formula is C17H17N8P. The van der Waals surface area contributed by atoms with Gasteiger partial charge in [-0.15, -0.1) is 19.4 Å². The van der Waals surface area contributed by atoms with Gasteiger partial charge < -0.3 is 10.6 Å². The lowest BCUT2D eigenvalue weighted by Gasteiger charge is -2.21. The van der Waals surface area contributed by atoms with Crippen molar-refractivity contribution in [2.45, 2.75) is 5.66 Å². The minimum Gasteiger partial charge on any atom is -0.370 e. The molecule has 26 heavy (non-hydrogen) atoms. The highest BCUT2D eigenvalue weighted by Gasteiger charge is 2.21. The van der Waals surface area contributed by atoms with Crippen LogP contribution in [0.1, 0.15) is 11.5 Å². The van der Waals surface area contributed by atoms with Crippen molar-refractivity contribution in [2.75, 3.05) is 17.2 Å². The Kier molecular flexibility index (Phi) is 3.39. The third-order valence-corrected chi connectivity index (χ3v) is 5.07. The van der Waals surface area contributed by atoms with Crippen LogP contribution in [0, 0.1) is 0 Å². The lowest BCUT2D eigenvalue weighted by atomic mass is 10.1. The van der Waals surface area contributed by atoms with Gasteiger partial charge in [0.1, 0.15) is 23.3 Å². The van der Waals surface area contributed by atoms with E-state index in [2.05, 4.69) is 50.6 Å². The zero-order valence-electron chi connectivity index (χ0n) is 14.1. The number of aryl methyl sites for hydroxylation is 1. The molecule has 0 fully saturated rings. The summed E-state index contributed by atoms with van der Waals surface area (Å²) in [6, 6.07) is 10.1. The second kappa shape index (κ2) is 5.78. The molecule has 0 saturated heterocycles. The lowest BCUT2D eigenvalue weighted by Crippen LogP contribution is -2.19. The van der Waals surface area contributed by atoms with Gasteiger partial charge in [-0.05, 0) is 35.4 Å². The summed E-state index contributed by atoms with van der Waals surface area (Å²) in [5.74, 6) is 3.63. The molecule has 0 spiro atoms. The number of anilines is 3. The van der Waals surface area contributed by atoms with Crippen LogP contribution in [0.5, 0.6) is 0 Å². The molecule has 0 amide bonds. The number of nitrogens with zero attached hydrogens (tertiary/aromatic N) is 6. The standard InChI is InChI=1S/C17H17N8P/c1-24-14(3-5-20-24)21-13-6-10(2-4-18-13)11-7-15-19-9-12(26)17-23-22-16(8-11)25(15)17/h2-8,12,19H,9,26H2,1H3,(H,18,21). The van der Waals surface area contributed by atoms with Crippen LogP contribution < -0.4 is 10.6 Å². The van der Waals surface area contributed by atoms with Crippen molar-refractivity contribution in [3.8, 4) is 11.1 Å². The molecule has 5 heterocycles. The first kappa shape index (κ1) is 15.3. The molecule has 9 heteroatoms. The van der Waals surface area contributed by atoms with Crippen LogP contribution in [0.15, 0.2) is 42.7 Å². The quantitative estimate of drug-likeness (QED) is 0.544. The van der Waals surface area contributed by atoms with E-state index >= 15 is 0 Å². The number of pyridine rings is 2. The summed E-state index contributed by atoms with van der Waals surface area (Å²) in [6.45, 7) is 0.825. The Morgan fingerprint density at radius 3 is 2.92 bits per heavy atom. The summed E-state index contributed by atoms with van der Waals surface area (Å²) in [5.41, 5.74) is 3.23. The molecule has 2 atom stereocenters. The fourth-order valence-corrected chi connectivity index (χ4v) is 3.52. The molecule has 1 aliphatic rings. The fraction of sp³-hybridized carbons (Fsp3) is 0.176. The normalized spacial score (nSPS) is 15.8. The molecular weight excluding hydrogens is 347 g/mol. The number of rotatable bonds is 3. The van der Waals surface area contributed by atoms with Crippen LogP contribution in [-0.4, -0.2) is 35.9 Å². The zero-order valence-corrected chi connectivity index (χ0v) is 15.2. The van der Waals surface area contributed by atoms with Gasteiger partial charge in [0.05, 0.1) is 11.9 Å². The van der Waals surface area contributed by atoms with E-state index in [1.54, 1.807) is 17.1 Å². The van der Waals surface area contributed by atoms with E-state index in [0.717, 1.165) is 46.6 Å². The number of hydrogen-bond donors (Lipinski definition) is 2. The number of aromatic nitrogens is 6. The maximum absolute atomic E-state index is 4.41. The van der Waals surface area contributed by atoms with Gasteiger partial charge in [-0.2, -0.15) is 5.10 Å². The Bertz CT molecular complexity index is 1120. The van der Waals surface area contributed by atoms with Gasteiger partial charge in [-0.25, -0.2) is 4.98 Å². The van der Waals surface area contributed by atoms with Gasteiger partial charge in [0.2, 0.25) is 0 Å². The highest BCUT2D eigenvalue weighted by atomic mass is 31.0. The molecule has 1 aliphatic heterocycles. The van der Waals surface area contributed by atoms with E-state index in [1.165, 1.54) is 0 Å². The van der Waals surface area contributed by atoms with Gasteiger partial charge in [0, 0.05) is 25.9 Å². The van der Waals surface area contributed by atoms with E-state index in [4.69, 9.17) is 0 Å². The zero-order chi connectivity index (χ0) is 17.7. The van der Waals surface area contributed by atoms with Crippen molar-refractivity contribution in [1.82, 2.24) is 29.4 Å². The van der Waals surface area contributed by atoms with Crippen molar-refractivity contribution in [3.05, 3.63) is 48.5 Å². The van der Waals surface area contributed by atoms with Gasteiger partial charge in [-0.3, -0.25) is 9.08 Å². The maximum atomic E-state index is 4.41. The van der Waals surface area contributed by atoms with Gasteiger partial charge >= 0.3 is 0 Å². The van der Waals surface area contributed by atoms with Crippen LogP contribution in [0.4, 0.5) is 17.5 Å². The molecule has 0 aliphatic carbocycles. The van der Waals surface area contributed by atoms with Crippen molar-refractivity contribution < 1.29 is 0 Å². The predicted molar refractivity (Wildman–Crippen MR) is 104 cm³/mol. The Balaban J connectivity index is 1.56. The summed E-state index contributed by atoms with van der Waals surface area (Å²) in [5, 5.41) is 19.6. The molecule has 8 nitrogen and oxygen atoms in total. The minimum absolute atomic E-state index is 0.263. The van der Waals surface area contributed by atoms with Crippen LogP contribution in [-0.2, 0) is 7.05 Å². The number of nitrogens with one attached hydrogen (secondary N) is 2. The van der Waals surface area contributed by atoms with Crippen LogP contribution >= 0.6 is 9.24 Å². The summed E-state index contributed by atoms with van der Waals surface area (Å²) < 4.78 is 3.84. The molecule has 4 aromatic rings. The highest BCUT2D eigenvalue weighted by Crippen LogP contribution is 2.33. The molecule has 0 radical (unpaired) electrons. The van der Waals surface area contributed by atoms with Crippen molar-refractivity contribution >= 4 is 32.3 Å². The average molecular weight is 364 g/mol. The first-order valence-corrected chi connectivity index (χ1v) is 8.96. The largest absolute Gasteiger partial charge is 0.370 e. The van der Waals surface area contributed by atoms with Gasteiger partial charge in [0.15, 0.2) is 5.65 Å². The van der Waals surface area contributed by atoms with Crippen LogP contribution in [0.25, 0.3) is 16.8 Å². The van der Waals surface area contributed by atoms with Gasteiger partial charge in [0.25, 0.3) is 0 Å². The van der Waals surface area contributed by atoms with Crippen molar-refractivity contribution in [1.29, 1.82) is 0 Å². The Hall–Kier alpha value is -2.99. The molecule has 5 rings (SSSR count). The van der Waals surface area contributed by atoms with E-state index < -0.39 is 0 Å². The SMILES string of the molecule is Cn1nccc1Nc1cc(-c2cc3n4c(nnc4c2)C(P)CN3)ccn1. The van der Waals surface area contributed by atoms with Crippen molar-refractivity contribution in [3.63, 3.8) is 0 Å². The first-order chi connectivity index (χ1) is 12.7. The number of hydrogen-bond acceptors (Lipinski definition) is 6. The summed E-state index contributed by atoms with van der Waals surface area (Å²) in [7, 11) is 4.70. The third-order valence-electron chi connectivity index (χ3n) is 4.54. The Morgan fingerprint density at radius 2 is 2.08 bits per heavy atom. The van der Waals surface area contributed by atoms with E-state index in [-0.39, 0.29) is 5.66 Å². The second-order valence-corrected chi connectivity index (χ2v) is 7.07. The minimum atomic E-state index is 0.263. The van der Waals surface area contributed by atoms with E-state index in [1.807, 2.05) is 31.3 Å².